The number of aromatic amines is 1. The summed E-state index contributed by atoms with van der Waals surface area (Å²) in [5, 5.41) is 55.1. The van der Waals surface area contributed by atoms with Gasteiger partial charge in [-0.2, -0.15) is 0 Å². The van der Waals surface area contributed by atoms with Crippen LogP contribution in [0.2, 0.25) is 0 Å². The fourth-order valence-corrected chi connectivity index (χ4v) is 10.6. The maximum absolute atomic E-state index is 14.7. The minimum Gasteiger partial charge on any atom is -0.480 e. The van der Waals surface area contributed by atoms with Crippen LogP contribution in [0.25, 0.3) is 0 Å². The lowest BCUT2D eigenvalue weighted by Gasteiger charge is -2.43. The van der Waals surface area contributed by atoms with Gasteiger partial charge in [-0.05, 0) is 38.6 Å². The first-order chi connectivity index (χ1) is 37.0. The number of carboxylic acid groups (broad SMARTS) is 1. The SMILES string of the molecule is CO[C@H]1[C@@H](OC)[C@H](OC(=O)C[C@@H](C)CC(=O)O[C@@H](CCCCCCCCC(C)C)CC(=O)O[C@H]2CN(C)[C@@H](C(O[C@@H]3O[C@H](CN)[C@@H](O)[C@H]3O)[C@H]3O[C@@H](n4ccc(=O)[nH]c4=O)[C@H](O)[C@@H]3O)C(=O)N(C)[C@@H]2C(=O)O)O[C@H](C)[C@H]1OC. The van der Waals surface area contributed by atoms with E-state index in [0.29, 0.717) is 12.3 Å². The van der Waals surface area contributed by atoms with Crippen LogP contribution >= 0.6 is 0 Å². The van der Waals surface area contributed by atoms with Gasteiger partial charge in [0.05, 0.1) is 12.5 Å². The first-order valence-electron chi connectivity index (χ1n) is 26.7. The molecule has 8 N–H and O–H groups in total. The van der Waals surface area contributed by atoms with Crippen LogP contribution in [0.4, 0.5) is 0 Å². The summed E-state index contributed by atoms with van der Waals surface area (Å²) in [6, 6.07) is -2.60. The first kappa shape index (κ1) is 64.3. The van der Waals surface area contributed by atoms with Crippen LogP contribution in [0.15, 0.2) is 21.9 Å². The molecule has 19 atom stereocenters. The molecular weight excluding hydrogens is 1030 g/mol. The number of esters is 3. The Bertz CT molecular complexity index is 2230. The Labute approximate surface area is 452 Å². The summed E-state index contributed by atoms with van der Waals surface area (Å²) < 4.78 is 58.7. The largest absolute Gasteiger partial charge is 0.480 e. The van der Waals surface area contributed by atoms with Crippen molar-refractivity contribution >= 4 is 29.8 Å². The van der Waals surface area contributed by atoms with E-state index in [2.05, 4.69) is 13.8 Å². The van der Waals surface area contributed by atoms with Crippen LogP contribution in [0, 0.1) is 11.8 Å². The number of rotatable bonds is 28. The summed E-state index contributed by atoms with van der Waals surface area (Å²) in [4.78, 5) is 97.4. The van der Waals surface area contributed by atoms with Crippen molar-refractivity contribution in [3.8, 4) is 0 Å². The van der Waals surface area contributed by atoms with E-state index in [4.69, 9.17) is 53.1 Å². The van der Waals surface area contributed by atoms with Crippen molar-refractivity contribution < 1.29 is 96.9 Å². The van der Waals surface area contributed by atoms with Gasteiger partial charge in [0.25, 0.3) is 5.56 Å². The Morgan fingerprint density at radius 3 is 1.96 bits per heavy atom. The van der Waals surface area contributed by atoms with Crippen molar-refractivity contribution in [2.24, 2.45) is 17.6 Å². The van der Waals surface area contributed by atoms with Crippen molar-refractivity contribution in [3.05, 3.63) is 33.1 Å². The zero-order valence-electron chi connectivity index (χ0n) is 46.0. The molecule has 1 aromatic rings. The van der Waals surface area contributed by atoms with Crippen LogP contribution in [-0.4, -0.2) is 227 Å². The second-order valence-electron chi connectivity index (χ2n) is 21.2. The summed E-state index contributed by atoms with van der Waals surface area (Å²) in [6.07, 6.45) is -15.0. The molecule has 27 nitrogen and oxygen atoms in total. The van der Waals surface area contributed by atoms with E-state index in [1.807, 2.05) is 4.98 Å². The number of likely N-dealkylation sites (N-methyl/N-ethyl adjacent to an activating group) is 2. The van der Waals surface area contributed by atoms with Gasteiger partial charge in [-0.15, -0.1) is 0 Å². The van der Waals surface area contributed by atoms with Crippen LogP contribution in [0.5, 0.6) is 0 Å². The standard InChI is InChI=1S/C51H83N5O22/c1-25(2)16-14-12-10-11-13-15-17-28(73-32(58)20-26(3)21-33(59)76-50-45(71-9)44(70-8)41(69-7)27(4)72-50)22-34(60)74-30-24-54(5)36(46(65)55(6)35(30)48(66)67)42(78-49-40(64)37(61)29(23-52)75-49)43-38(62)39(63)47(77-43)56-19-18-31(57)53-51(56)68/h18-19,25-30,35-45,47,49-50,61-64H,10-17,20-24,52H2,1-9H3,(H,66,67)(H,53,57,68)/t26-,27+,28-,29+,30-,35-,36-,37+,38-,39+,40+,41+,42?,43-,44+,45+,47+,49-,50-/m0/s1. The zero-order chi connectivity index (χ0) is 57.7. The number of H-pyrrole nitrogens is 1. The number of unbranched alkanes of at least 4 members (excludes halogenated alkanes) is 5. The molecule has 1 aromatic heterocycles. The van der Waals surface area contributed by atoms with Crippen LogP contribution in [0.3, 0.4) is 0 Å². The lowest BCUT2D eigenvalue weighted by molar-refractivity contribution is -0.297. The second-order valence-corrected chi connectivity index (χ2v) is 21.2. The predicted molar refractivity (Wildman–Crippen MR) is 270 cm³/mol. The van der Waals surface area contributed by atoms with Crippen molar-refractivity contribution in [2.45, 2.75) is 209 Å². The Morgan fingerprint density at radius 1 is 0.756 bits per heavy atom. The van der Waals surface area contributed by atoms with Gasteiger partial charge in [-0.1, -0.05) is 59.3 Å². The van der Waals surface area contributed by atoms with Crippen molar-refractivity contribution in [1.29, 1.82) is 0 Å². The highest BCUT2D eigenvalue weighted by Crippen LogP contribution is 2.37. The smallest absolute Gasteiger partial charge is 0.330 e. The quantitative estimate of drug-likeness (QED) is 0.0298. The fraction of sp³-hybridized carbons (Fsp3) is 0.824. The number of nitrogens with one attached hydrogen (secondary N) is 1. The minimum atomic E-state index is -1.97. The number of hydrogen-bond acceptors (Lipinski definition) is 23. The lowest BCUT2D eigenvalue weighted by atomic mass is 9.97. The Balaban J connectivity index is 1.33. The molecule has 4 fully saturated rings. The summed E-state index contributed by atoms with van der Waals surface area (Å²) in [7, 11) is 6.87. The number of carbonyl (C=O) groups is 5. The van der Waals surface area contributed by atoms with E-state index in [9.17, 15) is 59.1 Å². The van der Waals surface area contributed by atoms with Gasteiger partial charge in [-0.3, -0.25) is 38.4 Å². The van der Waals surface area contributed by atoms with E-state index in [0.717, 1.165) is 67.3 Å². The topological polar surface area (TPSA) is 366 Å². The van der Waals surface area contributed by atoms with E-state index in [1.165, 1.54) is 33.3 Å². The van der Waals surface area contributed by atoms with Crippen molar-refractivity contribution in [2.75, 3.05) is 48.5 Å². The third-order valence-corrected chi connectivity index (χ3v) is 14.8. The maximum Gasteiger partial charge on any atom is 0.330 e. The Hall–Kier alpha value is -4.49. The van der Waals surface area contributed by atoms with Gasteiger partial charge in [0.2, 0.25) is 12.2 Å². The first-order valence-corrected chi connectivity index (χ1v) is 26.7. The molecule has 1 amide bonds. The number of nitrogens with zero attached hydrogens (tertiary/aromatic N) is 3. The molecule has 0 aliphatic carbocycles. The van der Waals surface area contributed by atoms with Gasteiger partial charge >= 0.3 is 29.6 Å². The molecule has 1 unspecified atom stereocenters. The summed E-state index contributed by atoms with van der Waals surface area (Å²) in [6.45, 7) is 6.93. The molecule has 4 aliphatic heterocycles. The molecule has 27 heteroatoms. The average Bonchev–Trinajstić information content (AvgIpc) is 3.84. The Kier molecular flexibility index (Phi) is 24.6. The average molecular weight is 1120 g/mol. The highest BCUT2D eigenvalue weighted by atomic mass is 16.7. The van der Waals surface area contributed by atoms with Crippen molar-refractivity contribution in [3.63, 3.8) is 0 Å². The van der Waals surface area contributed by atoms with Gasteiger partial charge in [0.1, 0.15) is 79.3 Å². The maximum atomic E-state index is 14.7. The molecule has 4 saturated heterocycles. The number of nitrogens with two attached hydrogens (primary N) is 1. The van der Waals surface area contributed by atoms with Gasteiger partial charge in [0.15, 0.2) is 18.6 Å². The number of amides is 1. The molecule has 0 bridgehead atoms. The Morgan fingerprint density at radius 2 is 1.37 bits per heavy atom. The van der Waals surface area contributed by atoms with E-state index < -0.39 is 170 Å². The van der Waals surface area contributed by atoms with Gasteiger partial charge in [-0.25, -0.2) is 9.59 Å². The molecular formula is C51H83N5O22. The molecule has 78 heavy (non-hydrogen) atoms. The third kappa shape index (κ3) is 16.3. The highest BCUT2D eigenvalue weighted by molar-refractivity contribution is 5.88. The number of ether oxygens (including phenoxy) is 10. The second kappa shape index (κ2) is 29.8. The number of aliphatic hydroxyl groups excluding tert-OH is 4. The molecule has 0 spiro atoms. The molecule has 0 radical (unpaired) electrons. The molecule has 444 valence electrons. The van der Waals surface area contributed by atoms with Gasteiger partial charge in [0, 0.05) is 66.6 Å². The van der Waals surface area contributed by atoms with Gasteiger partial charge < -0.3 is 83.5 Å². The fourth-order valence-electron chi connectivity index (χ4n) is 10.6. The highest BCUT2D eigenvalue weighted by Gasteiger charge is 2.57. The molecule has 5 heterocycles. The summed E-state index contributed by atoms with van der Waals surface area (Å²) in [5.74, 6) is -4.99. The minimum absolute atomic E-state index is 0.216. The number of aromatic nitrogens is 2. The predicted octanol–water partition coefficient (Wildman–Crippen LogP) is -1.09. The van der Waals surface area contributed by atoms with Crippen LogP contribution in [0.1, 0.15) is 105 Å². The summed E-state index contributed by atoms with van der Waals surface area (Å²) >= 11 is 0. The van der Waals surface area contributed by atoms with E-state index >= 15 is 0 Å². The zero-order valence-corrected chi connectivity index (χ0v) is 46.0. The number of aliphatic carboxylic acids is 1. The lowest BCUT2D eigenvalue weighted by Crippen LogP contribution is -2.59. The monoisotopic (exact) mass is 1120 g/mol. The normalized spacial score (nSPS) is 32.9. The number of carbonyl (C=O) groups excluding carboxylic acids is 4. The number of methoxy groups -OCH3 is 3. The van der Waals surface area contributed by atoms with E-state index in [-0.39, 0.29) is 25.8 Å². The number of aliphatic hydroxyl groups is 4. The van der Waals surface area contributed by atoms with Crippen LogP contribution in [-0.2, 0) is 71.3 Å². The molecule has 0 aromatic carbocycles. The van der Waals surface area contributed by atoms with Crippen LogP contribution < -0.4 is 17.0 Å². The summed E-state index contributed by atoms with van der Waals surface area (Å²) in [5.41, 5.74) is 3.94. The van der Waals surface area contributed by atoms with Crippen molar-refractivity contribution in [1.82, 2.24) is 19.4 Å². The molecule has 5 rings (SSSR count). The third-order valence-electron chi connectivity index (χ3n) is 14.8. The molecule has 4 aliphatic rings. The molecule has 0 saturated carbocycles. The number of carboxylic acids is 1. The number of hydrogen-bond donors (Lipinski definition) is 7. The van der Waals surface area contributed by atoms with E-state index in [1.54, 1.807) is 13.8 Å².